The van der Waals surface area contributed by atoms with E-state index in [0.29, 0.717) is 22.1 Å². The van der Waals surface area contributed by atoms with Gasteiger partial charge in [0.1, 0.15) is 18.2 Å². The number of hydrogen-bond acceptors (Lipinski definition) is 5. The summed E-state index contributed by atoms with van der Waals surface area (Å²) in [5.74, 6) is -1.89. The van der Waals surface area contributed by atoms with Gasteiger partial charge in [0, 0.05) is 22.7 Å². The van der Waals surface area contributed by atoms with Gasteiger partial charge in [-0.25, -0.2) is 13.8 Å². The molecule has 2 N–H and O–H groups in total. The van der Waals surface area contributed by atoms with Gasteiger partial charge in [-0.3, -0.25) is 14.4 Å². The van der Waals surface area contributed by atoms with Crippen molar-refractivity contribution in [2.75, 3.05) is 17.2 Å². The predicted octanol–water partition coefficient (Wildman–Crippen LogP) is 3.85. The molecule has 33 heavy (non-hydrogen) atoms. The van der Waals surface area contributed by atoms with Crippen molar-refractivity contribution in [1.82, 2.24) is 9.88 Å². The molecule has 1 saturated carbocycles. The van der Waals surface area contributed by atoms with Gasteiger partial charge in [0.2, 0.25) is 11.8 Å². The number of thiazole rings is 1. The van der Waals surface area contributed by atoms with E-state index in [1.54, 1.807) is 5.38 Å². The Labute approximate surface area is 192 Å². The van der Waals surface area contributed by atoms with Crippen molar-refractivity contribution < 1.29 is 23.2 Å². The highest BCUT2D eigenvalue weighted by Gasteiger charge is 2.34. The van der Waals surface area contributed by atoms with Crippen LogP contribution in [-0.4, -0.2) is 40.2 Å². The quantitative estimate of drug-likeness (QED) is 0.523. The van der Waals surface area contributed by atoms with Gasteiger partial charge in [0.15, 0.2) is 5.13 Å². The van der Waals surface area contributed by atoms with Crippen molar-refractivity contribution in [3.63, 3.8) is 0 Å². The molecular weight excluding hydrogens is 450 g/mol. The average Bonchev–Trinajstić information content (AvgIpc) is 3.54. The summed E-state index contributed by atoms with van der Waals surface area (Å²) in [5, 5.41) is 7.28. The topological polar surface area (TPSA) is 91.4 Å². The summed E-state index contributed by atoms with van der Waals surface area (Å²) in [6, 6.07) is 10.6. The van der Waals surface area contributed by atoms with Crippen LogP contribution in [0.15, 0.2) is 53.9 Å². The first kappa shape index (κ1) is 22.5. The Morgan fingerprint density at radius 1 is 0.939 bits per heavy atom. The molecule has 1 fully saturated rings. The highest BCUT2D eigenvalue weighted by Crippen LogP contribution is 2.28. The van der Waals surface area contributed by atoms with E-state index in [9.17, 15) is 23.2 Å². The molecule has 0 bridgehead atoms. The summed E-state index contributed by atoms with van der Waals surface area (Å²) >= 11 is 1.17. The zero-order valence-corrected chi connectivity index (χ0v) is 18.2. The highest BCUT2D eigenvalue weighted by molar-refractivity contribution is 7.13. The molecule has 0 aliphatic heterocycles. The molecular formula is C23H20F2N4O3S. The Bertz CT molecular complexity index is 1160. The second-order valence-electron chi connectivity index (χ2n) is 7.60. The molecule has 1 heterocycles. The first-order valence-corrected chi connectivity index (χ1v) is 11.1. The molecule has 1 aliphatic carbocycles. The van der Waals surface area contributed by atoms with E-state index in [1.807, 2.05) is 0 Å². The number of halogens is 2. The van der Waals surface area contributed by atoms with E-state index in [1.165, 1.54) is 64.8 Å². The molecule has 0 radical (unpaired) electrons. The first-order chi connectivity index (χ1) is 15.9. The fraction of sp³-hybridized carbons (Fsp3) is 0.217. The number of aromatic nitrogens is 1. The zero-order chi connectivity index (χ0) is 23.4. The SMILES string of the molecule is O=C(Cc1csc(NC(=O)CN(C(=O)c2ccc(F)cc2)C2CC2)n1)Nc1ccc(F)cc1. The standard InChI is InChI=1S/C23H20F2N4O3S/c24-15-3-1-14(2-4-15)22(32)29(19-9-10-19)12-21(31)28-23-27-18(13-33-23)11-20(30)26-17-7-5-16(25)6-8-17/h1-8,13,19H,9-12H2,(H,26,30)(H,27,28,31). The van der Waals surface area contributed by atoms with Crippen molar-refractivity contribution in [2.45, 2.75) is 25.3 Å². The molecule has 7 nitrogen and oxygen atoms in total. The van der Waals surface area contributed by atoms with Crippen molar-refractivity contribution >= 4 is 39.9 Å². The normalized spacial score (nSPS) is 12.8. The van der Waals surface area contributed by atoms with E-state index in [4.69, 9.17) is 0 Å². The van der Waals surface area contributed by atoms with Crippen LogP contribution < -0.4 is 10.6 Å². The van der Waals surface area contributed by atoms with Gasteiger partial charge >= 0.3 is 0 Å². The van der Waals surface area contributed by atoms with Gasteiger partial charge in [0.25, 0.3) is 5.91 Å². The highest BCUT2D eigenvalue weighted by atomic mass is 32.1. The molecule has 0 unspecified atom stereocenters. The Balaban J connectivity index is 1.31. The molecule has 4 rings (SSSR count). The van der Waals surface area contributed by atoms with Crippen LogP contribution in [-0.2, 0) is 16.0 Å². The third-order valence-corrected chi connectivity index (χ3v) is 5.73. The van der Waals surface area contributed by atoms with Crippen LogP contribution in [0.5, 0.6) is 0 Å². The number of amides is 3. The largest absolute Gasteiger partial charge is 0.326 e. The maximum Gasteiger partial charge on any atom is 0.254 e. The molecule has 1 aliphatic rings. The predicted molar refractivity (Wildman–Crippen MR) is 120 cm³/mol. The summed E-state index contributed by atoms with van der Waals surface area (Å²) < 4.78 is 26.1. The summed E-state index contributed by atoms with van der Waals surface area (Å²) in [4.78, 5) is 43.2. The average molecular weight is 471 g/mol. The number of rotatable bonds is 8. The Morgan fingerprint density at radius 3 is 2.21 bits per heavy atom. The maximum absolute atomic E-state index is 13.1. The molecule has 10 heteroatoms. The third-order valence-electron chi connectivity index (χ3n) is 4.92. The van der Waals surface area contributed by atoms with Crippen LogP contribution in [0.25, 0.3) is 0 Å². The molecule has 170 valence electrons. The summed E-state index contributed by atoms with van der Waals surface area (Å²) in [6.45, 7) is -0.152. The van der Waals surface area contributed by atoms with Gasteiger partial charge < -0.3 is 15.5 Å². The van der Waals surface area contributed by atoms with Crippen LogP contribution in [0.3, 0.4) is 0 Å². The van der Waals surface area contributed by atoms with E-state index in [0.717, 1.165) is 12.8 Å². The van der Waals surface area contributed by atoms with Crippen molar-refractivity contribution in [3.8, 4) is 0 Å². The fourth-order valence-corrected chi connectivity index (χ4v) is 3.90. The molecule has 2 aromatic carbocycles. The number of carbonyl (C=O) groups is 3. The lowest BCUT2D eigenvalue weighted by molar-refractivity contribution is -0.117. The lowest BCUT2D eigenvalue weighted by atomic mass is 10.2. The Hall–Kier alpha value is -3.66. The van der Waals surface area contributed by atoms with Crippen LogP contribution in [0.4, 0.5) is 19.6 Å². The second kappa shape index (κ2) is 9.86. The molecule has 3 amide bonds. The first-order valence-electron chi connectivity index (χ1n) is 10.2. The lowest BCUT2D eigenvalue weighted by Gasteiger charge is -2.21. The van der Waals surface area contributed by atoms with E-state index < -0.39 is 17.5 Å². The minimum Gasteiger partial charge on any atom is -0.326 e. The van der Waals surface area contributed by atoms with Crippen LogP contribution in [0, 0.1) is 11.6 Å². The minimum atomic E-state index is -0.437. The molecule has 0 atom stereocenters. The molecule has 1 aromatic heterocycles. The van der Waals surface area contributed by atoms with Gasteiger partial charge in [-0.1, -0.05) is 0 Å². The van der Waals surface area contributed by atoms with Crippen LogP contribution in [0.1, 0.15) is 28.9 Å². The minimum absolute atomic E-state index is 0.0129. The summed E-state index contributed by atoms with van der Waals surface area (Å²) in [7, 11) is 0. The molecule has 0 saturated heterocycles. The fourth-order valence-electron chi connectivity index (χ4n) is 3.17. The van der Waals surface area contributed by atoms with Crippen molar-refractivity contribution in [3.05, 3.63) is 76.8 Å². The van der Waals surface area contributed by atoms with Crippen LogP contribution >= 0.6 is 11.3 Å². The van der Waals surface area contributed by atoms with Gasteiger partial charge in [-0.15, -0.1) is 11.3 Å². The van der Waals surface area contributed by atoms with E-state index in [-0.39, 0.29) is 30.8 Å². The number of benzene rings is 2. The van der Waals surface area contributed by atoms with Gasteiger partial charge in [0.05, 0.1) is 12.1 Å². The number of nitrogens with zero attached hydrogens (tertiary/aromatic N) is 2. The van der Waals surface area contributed by atoms with Crippen molar-refractivity contribution in [2.24, 2.45) is 0 Å². The zero-order valence-electron chi connectivity index (χ0n) is 17.4. The second-order valence-corrected chi connectivity index (χ2v) is 8.45. The van der Waals surface area contributed by atoms with Crippen LogP contribution in [0.2, 0.25) is 0 Å². The summed E-state index contributed by atoms with van der Waals surface area (Å²) in [6.07, 6.45) is 1.61. The van der Waals surface area contributed by atoms with E-state index >= 15 is 0 Å². The Kier molecular flexibility index (Phi) is 6.74. The maximum atomic E-state index is 13.1. The number of nitrogens with one attached hydrogen (secondary N) is 2. The smallest absolute Gasteiger partial charge is 0.254 e. The number of anilines is 2. The third kappa shape index (κ3) is 6.19. The number of carbonyl (C=O) groups excluding carboxylic acids is 3. The van der Waals surface area contributed by atoms with Gasteiger partial charge in [-0.2, -0.15) is 0 Å². The van der Waals surface area contributed by atoms with Gasteiger partial charge in [-0.05, 0) is 61.4 Å². The molecule has 3 aromatic rings. The number of hydrogen-bond donors (Lipinski definition) is 2. The molecule has 0 spiro atoms. The lowest BCUT2D eigenvalue weighted by Crippen LogP contribution is -2.39. The monoisotopic (exact) mass is 470 g/mol. The van der Waals surface area contributed by atoms with E-state index in [2.05, 4.69) is 15.6 Å². The Morgan fingerprint density at radius 2 is 1.58 bits per heavy atom. The van der Waals surface area contributed by atoms with Crippen molar-refractivity contribution in [1.29, 1.82) is 0 Å². The summed E-state index contributed by atoms with van der Waals surface area (Å²) in [5.41, 5.74) is 1.26.